The molecule has 20 heavy (non-hydrogen) atoms. The Morgan fingerprint density at radius 1 is 1.20 bits per heavy atom. The number of fused-ring (bicyclic) bond motifs is 1. The van der Waals surface area contributed by atoms with Gasteiger partial charge in [0.1, 0.15) is 5.65 Å². The third kappa shape index (κ3) is 2.28. The lowest BCUT2D eigenvalue weighted by atomic mass is 10.1. The van der Waals surface area contributed by atoms with Crippen LogP contribution in [0, 0.1) is 6.92 Å². The fourth-order valence-corrected chi connectivity index (χ4v) is 2.22. The van der Waals surface area contributed by atoms with Crippen LogP contribution in [-0.2, 0) is 4.79 Å². The van der Waals surface area contributed by atoms with Crippen LogP contribution in [0.25, 0.3) is 16.9 Å². The van der Waals surface area contributed by atoms with Crippen LogP contribution < -0.4 is 5.32 Å². The van der Waals surface area contributed by atoms with Crippen molar-refractivity contribution in [2.45, 2.75) is 13.8 Å². The predicted molar refractivity (Wildman–Crippen MR) is 79.7 cm³/mol. The number of rotatable bonds is 2. The van der Waals surface area contributed by atoms with Crippen molar-refractivity contribution in [1.29, 1.82) is 0 Å². The third-order valence-corrected chi connectivity index (χ3v) is 3.18. The number of nitrogens with zero attached hydrogens (tertiary/aromatic N) is 2. The smallest absolute Gasteiger partial charge is 0.221 e. The van der Waals surface area contributed by atoms with E-state index in [1.807, 2.05) is 60.1 Å². The van der Waals surface area contributed by atoms with Crippen LogP contribution in [0.4, 0.5) is 5.69 Å². The number of anilines is 1. The lowest BCUT2D eigenvalue weighted by Gasteiger charge is -2.02. The van der Waals surface area contributed by atoms with Gasteiger partial charge < -0.3 is 9.72 Å². The molecule has 0 aliphatic carbocycles. The SMILES string of the molecule is CC(=O)Nc1ccc(-c2cn3cccc(C)c3n2)cc1. The number of hydrogen-bond acceptors (Lipinski definition) is 2. The summed E-state index contributed by atoms with van der Waals surface area (Å²) in [6.07, 6.45) is 4.00. The molecule has 0 atom stereocenters. The van der Waals surface area contributed by atoms with Crippen molar-refractivity contribution >= 4 is 17.2 Å². The Morgan fingerprint density at radius 2 is 1.95 bits per heavy atom. The quantitative estimate of drug-likeness (QED) is 0.773. The fourth-order valence-electron chi connectivity index (χ4n) is 2.22. The number of aromatic nitrogens is 2. The van der Waals surface area contributed by atoms with Gasteiger partial charge in [-0.3, -0.25) is 4.79 Å². The van der Waals surface area contributed by atoms with Gasteiger partial charge in [0, 0.05) is 30.6 Å². The Hall–Kier alpha value is -2.62. The van der Waals surface area contributed by atoms with E-state index in [0.29, 0.717) is 0 Å². The lowest BCUT2D eigenvalue weighted by molar-refractivity contribution is -0.114. The zero-order valence-electron chi connectivity index (χ0n) is 11.4. The first kappa shape index (κ1) is 12.4. The van der Waals surface area contributed by atoms with Crippen molar-refractivity contribution in [1.82, 2.24) is 9.38 Å². The molecule has 0 saturated carbocycles. The second-order valence-electron chi connectivity index (χ2n) is 4.81. The van der Waals surface area contributed by atoms with Crippen LogP contribution in [0.15, 0.2) is 48.8 Å². The van der Waals surface area contributed by atoms with Gasteiger partial charge in [-0.1, -0.05) is 18.2 Å². The number of aryl methyl sites for hydroxylation is 1. The minimum absolute atomic E-state index is 0.0684. The molecule has 1 aromatic carbocycles. The summed E-state index contributed by atoms with van der Waals surface area (Å²) in [7, 11) is 0. The van der Waals surface area contributed by atoms with E-state index in [-0.39, 0.29) is 5.91 Å². The number of benzene rings is 1. The largest absolute Gasteiger partial charge is 0.326 e. The molecule has 4 nitrogen and oxygen atoms in total. The third-order valence-electron chi connectivity index (χ3n) is 3.18. The molecule has 3 rings (SSSR count). The molecule has 0 saturated heterocycles. The molecule has 2 aromatic heterocycles. The molecule has 0 aliphatic rings. The van der Waals surface area contributed by atoms with Gasteiger partial charge in [0.2, 0.25) is 5.91 Å². The number of hydrogen-bond donors (Lipinski definition) is 1. The number of carbonyl (C=O) groups excluding carboxylic acids is 1. The van der Waals surface area contributed by atoms with Crippen molar-refractivity contribution in [3.05, 3.63) is 54.4 Å². The van der Waals surface area contributed by atoms with Gasteiger partial charge in [-0.15, -0.1) is 0 Å². The van der Waals surface area contributed by atoms with Crippen LogP contribution >= 0.6 is 0 Å². The highest BCUT2D eigenvalue weighted by Gasteiger charge is 2.06. The summed E-state index contributed by atoms with van der Waals surface area (Å²) in [5.74, 6) is -0.0684. The average molecular weight is 265 g/mol. The maximum atomic E-state index is 11.0. The molecule has 0 unspecified atom stereocenters. The normalized spacial score (nSPS) is 10.7. The highest BCUT2D eigenvalue weighted by atomic mass is 16.1. The van der Waals surface area contributed by atoms with E-state index in [1.54, 1.807) is 0 Å². The highest BCUT2D eigenvalue weighted by Crippen LogP contribution is 2.22. The van der Waals surface area contributed by atoms with Gasteiger partial charge in [-0.25, -0.2) is 4.98 Å². The molecule has 0 bridgehead atoms. The zero-order chi connectivity index (χ0) is 14.1. The van der Waals surface area contributed by atoms with E-state index in [2.05, 4.69) is 10.3 Å². The van der Waals surface area contributed by atoms with Crippen LogP contribution in [0.3, 0.4) is 0 Å². The molecule has 1 amide bonds. The molecule has 3 aromatic rings. The van der Waals surface area contributed by atoms with Crippen molar-refractivity contribution in [2.24, 2.45) is 0 Å². The molecule has 0 radical (unpaired) electrons. The van der Waals surface area contributed by atoms with E-state index >= 15 is 0 Å². The van der Waals surface area contributed by atoms with E-state index in [9.17, 15) is 4.79 Å². The first-order valence-electron chi connectivity index (χ1n) is 6.46. The van der Waals surface area contributed by atoms with Gasteiger partial charge in [0.05, 0.1) is 5.69 Å². The number of carbonyl (C=O) groups is 1. The van der Waals surface area contributed by atoms with Crippen LogP contribution in [0.5, 0.6) is 0 Å². The van der Waals surface area contributed by atoms with Gasteiger partial charge in [0.15, 0.2) is 0 Å². The maximum absolute atomic E-state index is 11.0. The zero-order valence-corrected chi connectivity index (χ0v) is 11.4. The molecule has 2 heterocycles. The molecule has 0 aliphatic heterocycles. The number of pyridine rings is 1. The fraction of sp³-hybridized carbons (Fsp3) is 0.125. The molecule has 4 heteroatoms. The van der Waals surface area contributed by atoms with Crippen LogP contribution in [-0.4, -0.2) is 15.3 Å². The van der Waals surface area contributed by atoms with Gasteiger partial charge in [0.25, 0.3) is 0 Å². The minimum atomic E-state index is -0.0684. The van der Waals surface area contributed by atoms with Crippen LogP contribution in [0.1, 0.15) is 12.5 Å². The Labute approximate surface area is 117 Å². The van der Waals surface area contributed by atoms with Crippen molar-refractivity contribution in [3.63, 3.8) is 0 Å². The maximum Gasteiger partial charge on any atom is 0.221 e. The summed E-state index contributed by atoms with van der Waals surface area (Å²) >= 11 is 0. The van der Waals surface area contributed by atoms with Crippen molar-refractivity contribution in [3.8, 4) is 11.3 Å². The molecule has 1 N–H and O–H groups in total. The highest BCUT2D eigenvalue weighted by molar-refractivity contribution is 5.88. The Morgan fingerprint density at radius 3 is 2.60 bits per heavy atom. The summed E-state index contributed by atoms with van der Waals surface area (Å²) < 4.78 is 2.02. The summed E-state index contributed by atoms with van der Waals surface area (Å²) in [6.45, 7) is 3.55. The molecular weight excluding hydrogens is 250 g/mol. The monoisotopic (exact) mass is 265 g/mol. The molecular formula is C16H15N3O. The van der Waals surface area contributed by atoms with E-state index < -0.39 is 0 Å². The molecule has 0 fully saturated rings. The van der Waals surface area contributed by atoms with E-state index in [0.717, 1.165) is 28.2 Å². The standard InChI is InChI=1S/C16H15N3O/c1-11-4-3-9-19-10-15(18-16(11)19)13-5-7-14(8-6-13)17-12(2)20/h3-10H,1-2H3,(H,17,20). The van der Waals surface area contributed by atoms with E-state index in [1.165, 1.54) is 6.92 Å². The first-order chi connectivity index (χ1) is 9.63. The number of amides is 1. The second kappa shape index (κ2) is 4.81. The van der Waals surface area contributed by atoms with Gasteiger partial charge in [-0.05, 0) is 30.7 Å². The summed E-state index contributed by atoms with van der Waals surface area (Å²) in [4.78, 5) is 15.6. The summed E-state index contributed by atoms with van der Waals surface area (Å²) in [6, 6.07) is 11.7. The lowest BCUT2D eigenvalue weighted by Crippen LogP contribution is -2.05. The minimum Gasteiger partial charge on any atom is -0.326 e. The number of nitrogens with one attached hydrogen (secondary N) is 1. The summed E-state index contributed by atoms with van der Waals surface area (Å²) in [5, 5.41) is 2.75. The molecule has 100 valence electrons. The molecule has 0 spiro atoms. The predicted octanol–water partition coefficient (Wildman–Crippen LogP) is 3.27. The van der Waals surface area contributed by atoms with Gasteiger partial charge in [-0.2, -0.15) is 0 Å². The average Bonchev–Trinajstić information content (AvgIpc) is 2.84. The van der Waals surface area contributed by atoms with Gasteiger partial charge >= 0.3 is 0 Å². The topological polar surface area (TPSA) is 46.4 Å². The van der Waals surface area contributed by atoms with Crippen molar-refractivity contribution < 1.29 is 4.79 Å². The summed E-state index contributed by atoms with van der Waals surface area (Å²) in [5.41, 5.74) is 4.86. The van der Waals surface area contributed by atoms with E-state index in [4.69, 9.17) is 0 Å². The number of imidazole rings is 1. The Bertz CT molecular complexity index is 772. The van der Waals surface area contributed by atoms with Crippen molar-refractivity contribution in [2.75, 3.05) is 5.32 Å². The second-order valence-corrected chi connectivity index (χ2v) is 4.81. The first-order valence-corrected chi connectivity index (χ1v) is 6.46. The van der Waals surface area contributed by atoms with Crippen LogP contribution in [0.2, 0.25) is 0 Å². The Kier molecular flexibility index (Phi) is 2.99. The Balaban J connectivity index is 1.98.